The number of anilines is 2. The zero-order valence-corrected chi connectivity index (χ0v) is 15.3. The van der Waals surface area contributed by atoms with Crippen LogP contribution in [0.4, 0.5) is 10.8 Å². The molecule has 1 aromatic heterocycles. The number of hydrogen-bond donors (Lipinski definition) is 2. The van der Waals surface area contributed by atoms with E-state index in [-0.39, 0.29) is 11.8 Å². The van der Waals surface area contributed by atoms with Gasteiger partial charge >= 0.3 is 0 Å². The number of rotatable bonds is 3. The molecule has 2 aromatic carbocycles. The van der Waals surface area contributed by atoms with E-state index in [0.717, 1.165) is 27.0 Å². The lowest BCUT2D eigenvalue weighted by Gasteiger charge is -2.03. The standard InChI is InChI=1S/C18H12BrN3O2S/c19-13-3-1-2-11(7-13)17(24)22-18-21-15(9-25-18)10-4-5-14-12(6-10)8-16(23)20-14/h1-7,9H,8H2,(H,20,23)(H,21,22,24). The highest BCUT2D eigenvalue weighted by atomic mass is 79.9. The molecule has 0 radical (unpaired) electrons. The highest BCUT2D eigenvalue weighted by Crippen LogP contribution is 2.31. The lowest BCUT2D eigenvalue weighted by atomic mass is 10.1. The first-order valence-electron chi connectivity index (χ1n) is 7.54. The normalized spacial score (nSPS) is 12.6. The molecule has 2 N–H and O–H groups in total. The molecule has 4 rings (SSSR count). The molecule has 7 heteroatoms. The molecule has 1 aliphatic heterocycles. The van der Waals surface area contributed by atoms with Crippen LogP contribution in [0.3, 0.4) is 0 Å². The smallest absolute Gasteiger partial charge is 0.257 e. The van der Waals surface area contributed by atoms with Crippen LogP contribution in [-0.4, -0.2) is 16.8 Å². The predicted octanol–water partition coefficient (Wildman–Crippen LogP) is 4.32. The van der Waals surface area contributed by atoms with Crippen LogP contribution in [0.5, 0.6) is 0 Å². The SMILES string of the molecule is O=C1Cc2cc(-c3csc(NC(=O)c4cccc(Br)c4)n3)ccc2N1. The molecule has 0 fully saturated rings. The number of nitrogens with one attached hydrogen (secondary N) is 2. The molecule has 0 atom stereocenters. The molecule has 25 heavy (non-hydrogen) atoms. The summed E-state index contributed by atoms with van der Waals surface area (Å²) in [5.41, 5.74) is 4.08. The maximum atomic E-state index is 12.3. The number of fused-ring (bicyclic) bond motifs is 1. The number of nitrogens with zero attached hydrogens (tertiary/aromatic N) is 1. The molecule has 0 saturated heterocycles. The minimum atomic E-state index is -0.203. The van der Waals surface area contributed by atoms with Gasteiger partial charge in [0.25, 0.3) is 5.91 Å². The van der Waals surface area contributed by atoms with E-state index < -0.39 is 0 Å². The summed E-state index contributed by atoms with van der Waals surface area (Å²) in [5.74, 6) is -0.196. The van der Waals surface area contributed by atoms with Crippen LogP contribution in [-0.2, 0) is 11.2 Å². The lowest BCUT2D eigenvalue weighted by molar-refractivity contribution is -0.115. The highest BCUT2D eigenvalue weighted by molar-refractivity contribution is 9.10. The van der Waals surface area contributed by atoms with E-state index in [1.165, 1.54) is 11.3 Å². The van der Waals surface area contributed by atoms with Crippen molar-refractivity contribution in [3.05, 3.63) is 63.4 Å². The Bertz CT molecular complexity index is 999. The van der Waals surface area contributed by atoms with Gasteiger partial charge in [0.2, 0.25) is 5.91 Å². The summed E-state index contributed by atoms with van der Waals surface area (Å²) in [6, 6.07) is 12.9. The molecular weight excluding hydrogens is 402 g/mol. The van der Waals surface area contributed by atoms with Crippen LogP contribution >= 0.6 is 27.3 Å². The van der Waals surface area contributed by atoms with E-state index in [4.69, 9.17) is 0 Å². The van der Waals surface area contributed by atoms with Crippen LogP contribution in [0.2, 0.25) is 0 Å². The molecule has 0 aliphatic carbocycles. The third-order valence-electron chi connectivity index (χ3n) is 3.84. The van der Waals surface area contributed by atoms with Crippen LogP contribution in [0.15, 0.2) is 52.3 Å². The summed E-state index contributed by atoms with van der Waals surface area (Å²) in [6.07, 6.45) is 0.389. The van der Waals surface area contributed by atoms with Crippen molar-refractivity contribution in [1.82, 2.24) is 4.98 Å². The van der Waals surface area contributed by atoms with Gasteiger partial charge in [0, 0.05) is 26.7 Å². The van der Waals surface area contributed by atoms with E-state index in [2.05, 4.69) is 31.5 Å². The Morgan fingerprint density at radius 1 is 1.24 bits per heavy atom. The minimum absolute atomic E-state index is 0.00685. The fraction of sp³-hybridized carbons (Fsp3) is 0.0556. The topological polar surface area (TPSA) is 71.1 Å². The maximum absolute atomic E-state index is 12.3. The summed E-state index contributed by atoms with van der Waals surface area (Å²) in [6.45, 7) is 0. The summed E-state index contributed by atoms with van der Waals surface area (Å²) in [7, 11) is 0. The average Bonchev–Trinajstić information content (AvgIpc) is 3.19. The summed E-state index contributed by atoms with van der Waals surface area (Å²) < 4.78 is 0.848. The third-order valence-corrected chi connectivity index (χ3v) is 5.09. The van der Waals surface area contributed by atoms with Gasteiger partial charge in [-0.1, -0.05) is 28.1 Å². The number of thiazole rings is 1. The second-order valence-corrected chi connectivity index (χ2v) is 7.37. The second kappa shape index (κ2) is 6.42. The molecule has 2 heterocycles. The molecular formula is C18H12BrN3O2S. The second-order valence-electron chi connectivity index (χ2n) is 5.60. The number of aromatic nitrogens is 1. The van der Waals surface area contributed by atoms with E-state index in [0.29, 0.717) is 17.1 Å². The largest absolute Gasteiger partial charge is 0.326 e. The van der Waals surface area contributed by atoms with Crippen molar-refractivity contribution in [2.24, 2.45) is 0 Å². The van der Waals surface area contributed by atoms with Crippen LogP contribution < -0.4 is 10.6 Å². The van der Waals surface area contributed by atoms with Gasteiger partial charge < -0.3 is 5.32 Å². The van der Waals surface area contributed by atoms with Gasteiger partial charge in [0.15, 0.2) is 5.13 Å². The van der Waals surface area contributed by atoms with Crippen molar-refractivity contribution in [3.8, 4) is 11.3 Å². The average molecular weight is 414 g/mol. The van der Waals surface area contributed by atoms with Gasteiger partial charge in [0.1, 0.15) is 0 Å². The van der Waals surface area contributed by atoms with Gasteiger partial charge in [-0.15, -0.1) is 11.3 Å². The van der Waals surface area contributed by atoms with Crippen molar-refractivity contribution < 1.29 is 9.59 Å². The predicted molar refractivity (Wildman–Crippen MR) is 102 cm³/mol. The first-order chi connectivity index (χ1) is 12.1. The van der Waals surface area contributed by atoms with Gasteiger partial charge in [-0.2, -0.15) is 0 Å². The quantitative estimate of drug-likeness (QED) is 0.671. The van der Waals surface area contributed by atoms with Crippen LogP contribution in [0.25, 0.3) is 11.3 Å². The molecule has 2 amide bonds. The Hall–Kier alpha value is -2.51. The number of carbonyl (C=O) groups is 2. The van der Waals surface area contributed by atoms with Gasteiger partial charge in [0.05, 0.1) is 12.1 Å². The van der Waals surface area contributed by atoms with Gasteiger partial charge in [-0.05, 0) is 35.9 Å². The van der Waals surface area contributed by atoms with Crippen molar-refractivity contribution in [1.29, 1.82) is 0 Å². The van der Waals surface area contributed by atoms with Crippen LogP contribution in [0, 0.1) is 0 Å². The maximum Gasteiger partial charge on any atom is 0.257 e. The minimum Gasteiger partial charge on any atom is -0.326 e. The molecule has 1 aliphatic rings. The molecule has 5 nitrogen and oxygen atoms in total. The van der Waals surface area contributed by atoms with Crippen molar-refractivity contribution in [3.63, 3.8) is 0 Å². The van der Waals surface area contributed by atoms with E-state index in [1.54, 1.807) is 12.1 Å². The van der Waals surface area contributed by atoms with E-state index in [1.807, 2.05) is 35.7 Å². The first-order valence-corrected chi connectivity index (χ1v) is 9.21. The van der Waals surface area contributed by atoms with Crippen molar-refractivity contribution >= 4 is 49.9 Å². The Balaban J connectivity index is 1.54. The molecule has 3 aromatic rings. The Kier molecular flexibility index (Phi) is 4.10. The summed E-state index contributed by atoms with van der Waals surface area (Å²) >= 11 is 4.73. The molecule has 0 spiro atoms. The first kappa shape index (κ1) is 16.0. The molecule has 124 valence electrons. The molecule has 0 unspecified atom stereocenters. The number of amides is 2. The monoisotopic (exact) mass is 413 g/mol. The van der Waals surface area contributed by atoms with Gasteiger partial charge in [-0.3, -0.25) is 14.9 Å². The fourth-order valence-corrected chi connectivity index (χ4v) is 3.77. The highest BCUT2D eigenvalue weighted by Gasteiger charge is 2.18. The van der Waals surface area contributed by atoms with E-state index >= 15 is 0 Å². The number of carbonyl (C=O) groups excluding carboxylic acids is 2. The van der Waals surface area contributed by atoms with Gasteiger partial charge in [-0.25, -0.2) is 4.98 Å². The van der Waals surface area contributed by atoms with E-state index in [9.17, 15) is 9.59 Å². The Labute approximate surface area is 156 Å². The third kappa shape index (κ3) is 3.33. The Morgan fingerprint density at radius 3 is 2.96 bits per heavy atom. The number of hydrogen-bond acceptors (Lipinski definition) is 4. The number of halogens is 1. The summed E-state index contributed by atoms with van der Waals surface area (Å²) in [5, 5.41) is 8.06. The fourth-order valence-electron chi connectivity index (χ4n) is 2.65. The van der Waals surface area contributed by atoms with Crippen molar-refractivity contribution in [2.75, 3.05) is 10.6 Å². The Morgan fingerprint density at radius 2 is 2.12 bits per heavy atom. The molecule has 0 saturated carbocycles. The zero-order chi connectivity index (χ0) is 17.4. The zero-order valence-electron chi connectivity index (χ0n) is 12.9. The lowest BCUT2D eigenvalue weighted by Crippen LogP contribution is -2.11. The van der Waals surface area contributed by atoms with Crippen molar-refractivity contribution in [2.45, 2.75) is 6.42 Å². The van der Waals surface area contributed by atoms with Crippen LogP contribution in [0.1, 0.15) is 15.9 Å². The number of benzene rings is 2. The molecule has 0 bridgehead atoms. The summed E-state index contributed by atoms with van der Waals surface area (Å²) in [4.78, 5) is 28.2.